The molecule has 0 aromatic carbocycles. The normalized spacial score (nSPS) is 31.1. The highest BCUT2D eigenvalue weighted by Gasteiger charge is 2.22. The summed E-state index contributed by atoms with van der Waals surface area (Å²) < 4.78 is 0. The van der Waals surface area contributed by atoms with E-state index in [0.29, 0.717) is 18.4 Å². The van der Waals surface area contributed by atoms with E-state index in [4.69, 9.17) is 0 Å². The van der Waals surface area contributed by atoms with Gasteiger partial charge in [0.2, 0.25) is 5.91 Å². The number of carbonyl (C=O) groups is 1. The Balaban J connectivity index is 1.66. The molecule has 4 nitrogen and oxygen atoms in total. The van der Waals surface area contributed by atoms with E-state index in [1.807, 2.05) is 0 Å². The molecular weight excluding hydrogens is 216 g/mol. The third-order valence-electron chi connectivity index (χ3n) is 3.99. The molecule has 0 atom stereocenters. The van der Waals surface area contributed by atoms with E-state index < -0.39 is 0 Å². The monoisotopic (exact) mass is 240 g/mol. The lowest BCUT2D eigenvalue weighted by Crippen LogP contribution is -2.40. The predicted molar refractivity (Wildman–Crippen MR) is 66.6 cm³/mol. The fraction of sp³-hybridized carbons (Fsp3) is 0.923. The third kappa shape index (κ3) is 4.28. The second kappa shape index (κ2) is 6.36. The van der Waals surface area contributed by atoms with Gasteiger partial charge in [-0.2, -0.15) is 0 Å². The van der Waals surface area contributed by atoms with Gasteiger partial charge in [-0.1, -0.05) is 0 Å². The molecule has 0 unspecified atom stereocenters. The Bertz CT molecular complexity index is 244. The van der Waals surface area contributed by atoms with Gasteiger partial charge in [-0.25, -0.2) is 0 Å². The average molecular weight is 240 g/mol. The van der Waals surface area contributed by atoms with E-state index in [9.17, 15) is 9.90 Å². The molecule has 0 bridgehead atoms. The quantitative estimate of drug-likeness (QED) is 0.683. The summed E-state index contributed by atoms with van der Waals surface area (Å²) in [6, 6.07) is 0.299. The minimum atomic E-state index is -0.146. The number of amides is 1. The van der Waals surface area contributed by atoms with Crippen LogP contribution in [0.2, 0.25) is 0 Å². The summed E-state index contributed by atoms with van der Waals surface area (Å²) in [5.74, 6) is 0.767. The zero-order valence-electron chi connectivity index (χ0n) is 10.5. The largest absolute Gasteiger partial charge is 0.393 e. The SMILES string of the molecule is O=C(CC1CCNCC1)NC1CCC(O)CC1. The van der Waals surface area contributed by atoms with Crippen molar-refractivity contribution in [3.05, 3.63) is 0 Å². The van der Waals surface area contributed by atoms with E-state index in [-0.39, 0.29) is 12.0 Å². The average Bonchev–Trinajstić information content (AvgIpc) is 2.33. The summed E-state index contributed by atoms with van der Waals surface area (Å²) in [6.07, 6.45) is 6.30. The Hall–Kier alpha value is -0.610. The van der Waals surface area contributed by atoms with Gasteiger partial charge in [0.05, 0.1) is 6.10 Å². The molecule has 1 heterocycles. The van der Waals surface area contributed by atoms with Gasteiger partial charge < -0.3 is 15.7 Å². The molecular formula is C13H24N2O2. The maximum absolute atomic E-state index is 11.9. The summed E-state index contributed by atoms with van der Waals surface area (Å²) >= 11 is 0. The molecule has 1 amide bonds. The number of aliphatic hydroxyl groups excluding tert-OH is 1. The highest BCUT2D eigenvalue weighted by atomic mass is 16.3. The van der Waals surface area contributed by atoms with Crippen LogP contribution in [0.25, 0.3) is 0 Å². The number of piperidine rings is 1. The molecule has 1 aliphatic heterocycles. The Kier molecular flexibility index (Phi) is 4.80. The molecule has 0 radical (unpaired) electrons. The first-order valence-corrected chi connectivity index (χ1v) is 6.92. The van der Waals surface area contributed by atoms with Crippen molar-refractivity contribution in [2.24, 2.45) is 5.92 Å². The van der Waals surface area contributed by atoms with Gasteiger partial charge in [0.1, 0.15) is 0 Å². The van der Waals surface area contributed by atoms with Crippen molar-refractivity contribution in [1.29, 1.82) is 0 Å². The number of hydrogen-bond donors (Lipinski definition) is 3. The lowest BCUT2D eigenvalue weighted by molar-refractivity contribution is -0.123. The molecule has 0 aromatic heterocycles. The third-order valence-corrected chi connectivity index (χ3v) is 3.99. The molecule has 2 rings (SSSR count). The fourth-order valence-electron chi connectivity index (χ4n) is 2.85. The molecule has 2 aliphatic rings. The van der Waals surface area contributed by atoms with Gasteiger partial charge in [0.15, 0.2) is 0 Å². The van der Waals surface area contributed by atoms with Gasteiger partial charge in [-0.3, -0.25) is 4.79 Å². The van der Waals surface area contributed by atoms with Crippen LogP contribution in [-0.2, 0) is 4.79 Å². The van der Waals surface area contributed by atoms with Crippen LogP contribution < -0.4 is 10.6 Å². The number of nitrogens with one attached hydrogen (secondary N) is 2. The van der Waals surface area contributed by atoms with Crippen molar-refractivity contribution in [2.45, 2.75) is 57.1 Å². The van der Waals surface area contributed by atoms with Crippen LogP contribution in [0.4, 0.5) is 0 Å². The smallest absolute Gasteiger partial charge is 0.220 e. The van der Waals surface area contributed by atoms with Crippen molar-refractivity contribution in [3.8, 4) is 0 Å². The molecule has 0 aromatic rings. The lowest BCUT2D eigenvalue weighted by Gasteiger charge is -2.27. The van der Waals surface area contributed by atoms with Crippen molar-refractivity contribution < 1.29 is 9.90 Å². The van der Waals surface area contributed by atoms with E-state index >= 15 is 0 Å². The van der Waals surface area contributed by atoms with Crippen LogP contribution in [0.5, 0.6) is 0 Å². The van der Waals surface area contributed by atoms with Crippen LogP contribution in [0.15, 0.2) is 0 Å². The van der Waals surface area contributed by atoms with Crippen molar-refractivity contribution in [3.63, 3.8) is 0 Å². The maximum Gasteiger partial charge on any atom is 0.220 e. The number of hydrogen-bond acceptors (Lipinski definition) is 3. The van der Waals surface area contributed by atoms with Crippen LogP contribution >= 0.6 is 0 Å². The Labute approximate surface area is 103 Å². The zero-order chi connectivity index (χ0) is 12.1. The minimum absolute atomic E-state index is 0.146. The minimum Gasteiger partial charge on any atom is -0.393 e. The van der Waals surface area contributed by atoms with Gasteiger partial charge in [0.25, 0.3) is 0 Å². The second-order valence-corrected chi connectivity index (χ2v) is 5.47. The highest BCUT2D eigenvalue weighted by molar-refractivity contribution is 5.76. The van der Waals surface area contributed by atoms with E-state index in [0.717, 1.165) is 51.6 Å². The molecule has 0 spiro atoms. The van der Waals surface area contributed by atoms with Gasteiger partial charge in [0, 0.05) is 12.5 Å². The fourth-order valence-corrected chi connectivity index (χ4v) is 2.85. The maximum atomic E-state index is 11.9. The van der Waals surface area contributed by atoms with Crippen LogP contribution in [0, 0.1) is 5.92 Å². The van der Waals surface area contributed by atoms with Crippen molar-refractivity contribution in [1.82, 2.24) is 10.6 Å². The van der Waals surface area contributed by atoms with Gasteiger partial charge >= 0.3 is 0 Å². The summed E-state index contributed by atoms with van der Waals surface area (Å²) in [4.78, 5) is 11.9. The van der Waals surface area contributed by atoms with Crippen molar-refractivity contribution in [2.75, 3.05) is 13.1 Å². The van der Waals surface area contributed by atoms with E-state index in [2.05, 4.69) is 10.6 Å². The molecule has 3 N–H and O–H groups in total. The van der Waals surface area contributed by atoms with Gasteiger partial charge in [-0.15, -0.1) is 0 Å². The summed E-state index contributed by atoms with van der Waals surface area (Å²) in [6.45, 7) is 2.10. The van der Waals surface area contributed by atoms with Crippen molar-refractivity contribution >= 4 is 5.91 Å². The molecule has 2 fully saturated rings. The molecule has 4 heteroatoms. The molecule has 17 heavy (non-hydrogen) atoms. The highest BCUT2D eigenvalue weighted by Crippen LogP contribution is 2.20. The van der Waals surface area contributed by atoms with Gasteiger partial charge in [-0.05, 0) is 57.5 Å². The topological polar surface area (TPSA) is 61.4 Å². The first-order chi connectivity index (χ1) is 8.24. The molecule has 1 saturated carbocycles. The van der Waals surface area contributed by atoms with Crippen LogP contribution in [0.3, 0.4) is 0 Å². The Morgan fingerprint density at radius 2 is 1.76 bits per heavy atom. The molecule has 1 saturated heterocycles. The second-order valence-electron chi connectivity index (χ2n) is 5.47. The molecule has 1 aliphatic carbocycles. The van der Waals surface area contributed by atoms with Crippen LogP contribution in [-0.4, -0.2) is 36.2 Å². The zero-order valence-corrected chi connectivity index (χ0v) is 10.5. The first-order valence-electron chi connectivity index (χ1n) is 6.92. The summed E-state index contributed by atoms with van der Waals surface area (Å²) in [5.41, 5.74) is 0. The summed E-state index contributed by atoms with van der Waals surface area (Å²) in [7, 11) is 0. The Morgan fingerprint density at radius 1 is 1.12 bits per heavy atom. The number of carbonyl (C=O) groups excluding carboxylic acids is 1. The summed E-state index contributed by atoms with van der Waals surface area (Å²) in [5, 5.41) is 15.8. The van der Waals surface area contributed by atoms with E-state index in [1.54, 1.807) is 0 Å². The lowest BCUT2D eigenvalue weighted by atomic mass is 9.91. The van der Waals surface area contributed by atoms with Crippen LogP contribution in [0.1, 0.15) is 44.9 Å². The number of rotatable bonds is 3. The molecule has 98 valence electrons. The Morgan fingerprint density at radius 3 is 2.41 bits per heavy atom. The number of aliphatic hydroxyl groups is 1. The standard InChI is InChI=1S/C13H24N2O2/c16-12-3-1-11(2-4-12)15-13(17)9-10-5-7-14-8-6-10/h10-12,14,16H,1-9H2,(H,15,17). The van der Waals surface area contributed by atoms with E-state index in [1.165, 1.54) is 0 Å². The first kappa shape index (κ1) is 12.8. The predicted octanol–water partition coefficient (Wildman–Crippen LogP) is 0.796.